The lowest BCUT2D eigenvalue weighted by Crippen LogP contribution is -2.38. The van der Waals surface area contributed by atoms with E-state index in [0.717, 1.165) is 13.1 Å². The predicted octanol–water partition coefficient (Wildman–Crippen LogP) is 2.61. The lowest BCUT2D eigenvalue weighted by atomic mass is 10.1. The van der Waals surface area contributed by atoms with Crippen LogP contribution in [0.2, 0.25) is 0 Å². The average Bonchev–Trinajstić information content (AvgIpc) is 2.65. The highest BCUT2D eigenvalue weighted by molar-refractivity contribution is 5.08. The fourth-order valence-electron chi connectivity index (χ4n) is 2.73. The van der Waals surface area contributed by atoms with E-state index in [1.165, 1.54) is 31.5 Å². The van der Waals surface area contributed by atoms with Crippen molar-refractivity contribution in [1.29, 1.82) is 0 Å². The molecular formula is C15H25N3. The fourth-order valence-corrected chi connectivity index (χ4v) is 2.73. The Morgan fingerprint density at radius 2 is 2.39 bits per heavy atom. The van der Waals surface area contributed by atoms with E-state index in [9.17, 15) is 0 Å². The number of nitrogens with one attached hydrogen (secondary N) is 1. The van der Waals surface area contributed by atoms with E-state index in [1.54, 1.807) is 0 Å². The first-order valence-electron chi connectivity index (χ1n) is 7.19. The van der Waals surface area contributed by atoms with Crippen molar-refractivity contribution in [3.8, 4) is 0 Å². The molecule has 0 amide bonds. The number of nitrogens with zero attached hydrogens (tertiary/aromatic N) is 2. The summed E-state index contributed by atoms with van der Waals surface area (Å²) in [4.78, 5) is 7.07. The lowest BCUT2D eigenvalue weighted by molar-refractivity contribution is 0.200. The molecule has 1 aliphatic rings. The van der Waals surface area contributed by atoms with Crippen molar-refractivity contribution in [2.45, 2.75) is 45.2 Å². The molecule has 1 saturated heterocycles. The van der Waals surface area contributed by atoms with Gasteiger partial charge in [0.25, 0.3) is 0 Å². The molecule has 2 rings (SSSR count). The molecule has 0 radical (unpaired) electrons. The van der Waals surface area contributed by atoms with Crippen molar-refractivity contribution in [2.24, 2.45) is 0 Å². The van der Waals surface area contributed by atoms with Gasteiger partial charge in [-0.3, -0.25) is 9.88 Å². The van der Waals surface area contributed by atoms with Crippen LogP contribution in [0.25, 0.3) is 0 Å². The van der Waals surface area contributed by atoms with Crippen LogP contribution >= 0.6 is 0 Å². The standard InChI is InChI=1S/C15H25N3/c1-3-7-14-12-18(11-6-10-16-14)13(2)15-8-4-5-9-17-15/h4-5,8-9,13-14,16H,3,6-7,10-12H2,1-2H3. The minimum atomic E-state index is 0.422. The number of aromatic nitrogens is 1. The smallest absolute Gasteiger partial charge is 0.0572 e. The second-order valence-electron chi connectivity index (χ2n) is 5.22. The molecule has 2 unspecified atom stereocenters. The van der Waals surface area contributed by atoms with Crippen molar-refractivity contribution in [2.75, 3.05) is 19.6 Å². The minimum Gasteiger partial charge on any atom is -0.313 e. The SMILES string of the molecule is CCCC1CN(C(C)c2ccccn2)CCCN1. The Labute approximate surface area is 111 Å². The van der Waals surface area contributed by atoms with Gasteiger partial charge < -0.3 is 5.32 Å². The molecule has 100 valence electrons. The summed E-state index contributed by atoms with van der Waals surface area (Å²) in [5.41, 5.74) is 1.19. The van der Waals surface area contributed by atoms with Crippen LogP contribution < -0.4 is 5.32 Å². The molecule has 0 aliphatic carbocycles. The van der Waals surface area contributed by atoms with Crippen molar-refractivity contribution in [1.82, 2.24) is 15.2 Å². The molecular weight excluding hydrogens is 222 g/mol. The third-order valence-corrected chi connectivity index (χ3v) is 3.81. The third kappa shape index (κ3) is 3.53. The maximum Gasteiger partial charge on any atom is 0.0572 e. The molecule has 2 atom stereocenters. The van der Waals surface area contributed by atoms with Gasteiger partial charge >= 0.3 is 0 Å². The van der Waals surface area contributed by atoms with Gasteiger partial charge in [0.15, 0.2) is 0 Å². The third-order valence-electron chi connectivity index (χ3n) is 3.81. The molecule has 1 aromatic heterocycles. The van der Waals surface area contributed by atoms with Gasteiger partial charge in [-0.2, -0.15) is 0 Å². The van der Waals surface area contributed by atoms with E-state index in [1.807, 2.05) is 12.3 Å². The summed E-state index contributed by atoms with van der Waals surface area (Å²) in [6.45, 7) is 8.00. The molecule has 1 aliphatic heterocycles. The Morgan fingerprint density at radius 3 is 3.11 bits per heavy atom. The van der Waals surface area contributed by atoms with Crippen molar-refractivity contribution in [3.05, 3.63) is 30.1 Å². The second-order valence-corrected chi connectivity index (χ2v) is 5.22. The summed E-state index contributed by atoms with van der Waals surface area (Å²) in [6, 6.07) is 7.27. The second kappa shape index (κ2) is 6.86. The number of rotatable bonds is 4. The minimum absolute atomic E-state index is 0.422. The Balaban J connectivity index is 2.02. The predicted molar refractivity (Wildman–Crippen MR) is 75.5 cm³/mol. The molecule has 0 saturated carbocycles. The van der Waals surface area contributed by atoms with Crippen molar-refractivity contribution >= 4 is 0 Å². The van der Waals surface area contributed by atoms with Gasteiger partial charge in [0.1, 0.15) is 0 Å². The van der Waals surface area contributed by atoms with E-state index in [-0.39, 0.29) is 0 Å². The largest absolute Gasteiger partial charge is 0.313 e. The van der Waals surface area contributed by atoms with Gasteiger partial charge in [-0.1, -0.05) is 19.4 Å². The van der Waals surface area contributed by atoms with Crippen LogP contribution in [0.15, 0.2) is 24.4 Å². The quantitative estimate of drug-likeness (QED) is 0.886. The zero-order valence-corrected chi connectivity index (χ0v) is 11.6. The van der Waals surface area contributed by atoms with Gasteiger partial charge in [-0.15, -0.1) is 0 Å². The van der Waals surface area contributed by atoms with E-state index in [2.05, 4.69) is 41.2 Å². The first-order valence-corrected chi connectivity index (χ1v) is 7.19. The summed E-state index contributed by atoms with van der Waals surface area (Å²) in [7, 11) is 0. The Bertz CT molecular complexity index is 339. The molecule has 0 spiro atoms. The highest BCUT2D eigenvalue weighted by Crippen LogP contribution is 2.20. The summed E-state index contributed by atoms with van der Waals surface area (Å²) in [5, 5.41) is 3.66. The van der Waals surface area contributed by atoms with Gasteiger partial charge in [0.05, 0.1) is 5.69 Å². The maximum atomic E-state index is 4.49. The van der Waals surface area contributed by atoms with Gasteiger partial charge in [-0.05, 0) is 38.4 Å². The van der Waals surface area contributed by atoms with Crippen molar-refractivity contribution in [3.63, 3.8) is 0 Å². The van der Waals surface area contributed by atoms with Crippen LogP contribution in [0.3, 0.4) is 0 Å². The van der Waals surface area contributed by atoms with E-state index in [4.69, 9.17) is 0 Å². The molecule has 0 aromatic carbocycles. The van der Waals surface area contributed by atoms with Crippen molar-refractivity contribution < 1.29 is 0 Å². The summed E-state index contributed by atoms with van der Waals surface area (Å²) in [6.07, 6.45) is 5.65. The summed E-state index contributed by atoms with van der Waals surface area (Å²) in [5.74, 6) is 0. The number of pyridine rings is 1. The average molecular weight is 247 g/mol. The van der Waals surface area contributed by atoms with Crippen LogP contribution in [0.5, 0.6) is 0 Å². The highest BCUT2D eigenvalue weighted by atomic mass is 15.2. The molecule has 1 aromatic rings. The highest BCUT2D eigenvalue weighted by Gasteiger charge is 2.22. The first-order chi connectivity index (χ1) is 8.81. The molecule has 3 heteroatoms. The molecule has 1 fully saturated rings. The fraction of sp³-hybridized carbons (Fsp3) is 0.667. The monoisotopic (exact) mass is 247 g/mol. The van der Waals surface area contributed by atoms with E-state index < -0.39 is 0 Å². The normalized spacial score (nSPS) is 23.6. The Kier molecular flexibility index (Phi) is 5.14. The van der Waals surface area contributed by atoms with Gasteiger partial charge in [0, 0.05) is 31.4 Å². The topological polar surface area (TPSA) is 28.2 Å². The van der Waals surface area contributed by atoms with Gasteiger partial charge in [-0.25, -0.2) is 0 Å². The summed E-state index contributed by atoms with van der Waals surface area (Å²) >= 11 is 0. The van der Waals surface area contributed by atoms with Crippen LogP contribution in [0, 0.1) is 0 Å². The number of hydrogen-bond donors (Lipinski definition) is 1. The zero-order valence-electron chi connectivity index (χ0n) is 11.6. The first kappa shape index (κ1) is 13.5. The van der Waals surface area contributed by atoms with Gasteiger partial charge in [0.2, 0.25) is 0 Å². The Hall–Kier alpha value is -0.930. The van der Waals surface area contributed by atoms with Crippen LogP contribution in [-0.4, -0.2) is 35.6 Å². The molecule has 2 heterocycles. The molecule has 1 N–H and O–H groups in total. The lowest BCUT2D eigenvalue weighted by Gasteiger charge is -2.29. The summed E-state index contributed by atoms with van der Waals surface area (Å²) < 4.78 is 0. The molecule has 3 nitrogen and oxygen atoms in total. The van der Waals surface area contributed by atoms with Crippen LogP contribution in [0.1, 0.15) is 44.8 Å². The molecule has 0 bridgehead atoms. The number of hydrogen-bond acceptors (Lipinski definition) is 3. The Morgan fingerprint density at radius 1 is 1.50 bits per heavy atom. The molecule has 18 heavy (non-hydrogen) atoms. The van der Waals surface area contributed by atoms with E-state index >= 15 is 0 Å². The van der Waals surface area contributed by atoms with Crippen LogP contribution in [-0.2, 0) is 0 Å². The zero-order chi connectivity index (χ0) is 12.8. The van der Waals surface area contributed by atoms with Crippen LogP contribution in [0.4, 0.5) is 0 Å². The maximum absolute atomic E-state index is 4.49. The van der Waals surface area contributed by atoms with E-state index in [0.29, 0.717) is 12.1 Å².